The zero-order valence-corrected chi connectivity index (χ0v) is 22.6. The average molecular weight is 531 g/mol. The summed E-state index contributed by atoms with van der Waals surface area (Å²) in [5.41, 5.74) is 1.91. The number of rotatable bonds is 9. The minimum absolute atomic E-state index is 0.149. The zero-order chi connectivity index (χ0) is 27.4. The molecule has 5 rings (SSSR count). The van der Waals surface area contributed by atoms with Crippen molar-refractivity contribution in [1.29, 1.82) is 0 Å². The van der Waals surface area contributed by atoms with Crippen molar-refractivity contribution in [3.63, 3.8) is 0 Å². The largest absolute Gasteiger partial charge is 0.489 e. The molecule has 0 aliphatic carbocycles. The van der Waals surface area contributed by atoms with E-state index in [-0.39, 0.29) is 18.3 Å². The Morgan fingerprint density at radius 1 is 1.03 bits per heavy atom. The molecule has 39 heavy (non-hydrogen) atoms. The lowest BCUT2D eigenvalue weighted by Gasteiger charge is -2.34. The first-order valence-electron chi connectivity index (χ1n) is 13.3. The molecule has 204 valence electrons. The van der Waals surface area contributed by atoms with E-state index in [1.54, 1.807) is 18.2 Å². The molecule has 1 aliphatic heterocycles. The highest BCUT2D eigenvalue weighted by Gasteiger charge is 2.25. The molecule has 1 amide bonds. The minimum atomic E-state index is -0.428. The highest BCUT2D eigenvalue weighted by atomic mass is 16.7. The molecule has 0 unspecified atom stereocenters. The topological polar surface area (TPSA) is 81.5 Å². The lowest BCUT2D eigenvalue weighted by atomic mass is 9.88. The Bertz CT molecular complexity index is 1460. The molecular formula is C31H34N2O6. The second kappa shape index (κ2) is 11.9. The van der Waals surface area contributed by atoms with Crippen LogP contribution in [0, 0.1) is 0 Å². The fourth-order valence-electron chi connectivity index (χ4n) is 5.24. The summed E-state index contributed by atoms with van der Waals surface area (Å²) < 4.78 is 17.5. The van der Waals surface area contributed by atoms with E-state index in [2.05, 4.69) is 47.4 Å². The molecule has 1 atom stereocenters. The van der Waals surface area contributed by atoms with E-state index in [1.807, 2.05) is 6.07 Å². The summed E-state index contributed by atoms with van der Waals surface area (Å²) in [6.45, 7) is 4.04. The zero-order valence-electron chi connectivity index (χ0n) is 22.6. The van der Waals surface area contributed by atoms with E-state index in [0.29, 0.717) is 29.2 Å². The van der Waals surface area contributed by atoms with Crippen molar-refractivity contribution in [2.45, 2.75) is 31.8 Å². The first-order chi connectivity index (χ1) is 18.9. The SMILES string of the molecule is CON(C)C(=O)c1cc2c(OC[C@H](CN3CCC(c4ccc5ccccc5c4)CC3)OC(C)=O)cccc2o1. The summed E-state index contributed by atoms with van der Waals surface area (Å²) in [6, 6.07) is 22.3. The molecule has 0 bridgehead atoms. The van der Waals surface area contributed by atoms with Crippen LogP contribution in [0.25, 0.3) is 21.7 Å². The lowest BCUT2D eigenvalue weighted by Crippen LogP contribution is -2.42. The van der Waals surface area contributed by atoms with Crippen molar-refractivity contribution in [3.8, 4) is 5.75 Å². The summed E-state index contributed by atoms with van der Waals surface area (Å²) in [7, 11) is 2.93. The number of hydroxylamine groups is 2. The molecule has 0 spiro atoms. The maximum atomic E-state index is 12.4. The summed E-state index contributed by atoms with van der Waals surface area (Å²) in [5.74, 6) is 0.483. The molecule has 3 aromatic carbocycles. The molecule has 1 aromatic heterocycles. The van der Waals surface area contributed by atoms with Crippen LogP contribution in [0.2, 0.25) is 0 Å². The molecule has 1 aliphatic rings. The van der Waals surface area contributed by atoms with Gasteiger partial charge >= 0.3 is 11.9 Å². The van der Waals surface area contributed by atoms with Crippen LogP contribution < -0.4 is 4.74 Å². The minimum Gasteiger partial charge on any atom is -0.489 e. The monoisotopic (exact) mass is 530 g/mol. The van der Waals surface area contributed by atoms with Gasteiger partial charge < -0.3 is 13.9 Å². The number of hydrogen-bond acceptors (Lipinski definition) is 7. The fraction of sp³-hybridized carbons (Fsp3) is 0.355. The number of amides is 1. The molecule has 1 fully saturated rings. The van der Waals surface area contributed by atoms with Gasteiger partial charge in [-0.05, 0) is 60.3 Å². The Hall–Kier alpha value is -3.88. The molecule has 0 radical (unpaired) electrons. The number of likely N-dealkylation sites (tertiary alicyclic amines) is 1. The van der Waals surface area contributed by atoms with Gasteiger partial charge in [-0.15, -0.1) is 0 Å². The van der Waals surface area contributed by atoms with Crippen LogP contribution in [0.3, 0.4) is 0 Å². The second-order valence-corrected chi connectivity index (χ2v) is 9.99. The van der Waals surface area contributed by atoms with Crippen LogP contribution in [0.1, 0.15) is 41.8 Å². The lowest BCUT2D eigenvalue weighted by molar-refractivity contribution is -0.149. The van der Waals surface area contributed by atoms with E-state index in [0.717, 1.165) is 31.0 Å². The van der Waals surface area contributed by atoms with Gasteiger partial charge in [0.2, 0.25) is 0 Å². The molecule has 4 aromatic rings. The number of nitrogens with zero attached hydrogens (tertiary/aromatic N) is 2. The van der Waals surface area contributed by atoms with Gasteiger partial charge in [-0.3, -0.25) is 19.3 Å². The van der Waals surface area contributed by atoms with Crippen molar-refractivity contribution in [2.24, 2.45) is 0 Å². The highest BCUT2D eigenvalue weighted by Crippen LogP contribution is 2.31. The fourth-order valence-corrected chi connectivity index (χ4v) is 5.24. The van der Waals surface area contributed by atoms with Crippen LogP contribution in [0.15, 0.2) is 71.1 Å². The van der Waals surface area contributed by atoms with Gasteiger partial charge in [0.1, 0.15) is 24.0 Å². The van der Waals surface area contributed by atoms with Crippen LogP contribution >= 0.6 is 0 Å². The van der Waals surface area contributed by atoms with E-state index in [4.69, 9.17) is 18.7 Å². The van der Waals surface area contributed by atoms with Crippen molar-refractivity contribution in [3.05, 3.63) is 78.1 Å². The number of piperidine rings is 1. The molecule has 1 saturated heterocycles. The van der Waals surface area contributed by atoms with Gasteiger partial charge in [0, 0.05) is 26.6 Å². The maximum absolute atomic E-state index is 12.4. The quantitative estimate of drug-likeness (QED) is 0.211. The van der Waals surface area contributed by atoms with Crippen molar-refractivity contribution in [1.82, 2.24) is 9.96 Å². The standard InChI is InChI=1S/C31H34N2O6/c1-21(34)38-26(20-37-28-9-6-10-29-27(28)18-30(39-29)31(35)32(2)36-3)19-33-15-13-23(14-16-33)25-12-11-22-7-4-5-8-24(22)17-25/h4-12,17-18,23,26H,13-16,19-20H2,1-3H3/t26-/m0/s1. The Kier molecular flexibility index (Phi) is 8.14. The molecule has 0 saturated carbocycles. The average Bonchev–Trinajstić information content (AvgIpc) is 3.40. The maximum Gasteiger partial charge on any atom is 0.312 e. The normalized spacial score (nSPS) is 15.4. The Balaban J connectivity index is 1.21. The molecule has 2 heterocycles. The summed E-state index contributed by atoms with van der Waals surface area (Å²) in [4.78, 5) is 31.6. The number of esters is 1. The number of hydrogen-bond donors (Lipinski definition) is 0. The third kappa shape index (κ3) is 6.24. The number of furan rings is 1. The predicted molar refractivity (Wildman–Crippen MR) is 149 cm³/mol. The van der Waals surface area contributed by atoms with Crippen LogP contribution in [-0.2, 0) is 14.4 Å². The van der Waals surface area contributed by atoms with Gasteiger partial charge in [0.15, 0.2) is 5.76 Å². The van der Waals surface area contributed by atoms with Gasteiger partial charge in [-0.25, -0.2) is 5.06 Å². The highest BCUT2D eigenvalue weighted by molar-refractivity contribution is 5.97. The van der Waals surface area contributed by atoms with Gasteiger partial charge in [-0.2, -0.15) is 0 Å². The number of carbonyl (C=O) groups excluding carboxylic acids is 2. The van der Waals surface area contributed by atoms with Gasteiger partial charge in [0.25, 0.3) is 0 Å². The third-order valence-electron chi connectivity index (χ3n) is 7.34. The predicted octanol–water partition coefficient (Wildman–Crippen LogP) is 5.41. The van der Waals surface area contributed by atoms with E-state index < -0.39 is 12.0 Å². The second-order valence-electron chi connectivity index (χ2n) is 9.99. The molecular weight excluding hydrogens is 496 g/mol. The van der Waals surface area contributed by atoms with Crippen molar-refractivity contribution >= 4 is 33.6 Å². The Morgan fingerprint density at radius 2 is 1.79 bits per heavy atom. The number of fused-ring (bicyclic) bond motifs is 2. The van der Waals surface area contributed by atoms with Gasteiger partial charge in [0.05, 0.1) is 12.5 Å². The molecule has 8 nitrogen and oxygen atoms in total. The van der Waals surface area contributed by atoms with E-state index in [1.165, 1.54) is 37.4 Å². The van der Waals surface area contributed by atoms with Crippen molar-refractivity contribution in [2.75, 3.05) is 40.4 Å². The van der Waals surface area contributed by atoms with Gasteiger partial charge in [-0.1, -0.05) is 48.5 Å². The number of ether oxygens (including phenoxy) is 2. The summed E-state index contributed by atoms with van der Waals surface area (Å²) in [6.07, 6.45) is 1.67. The van der Waals surface area contributed by atoms with E-state index >= 15 is 0 Å². The van der Waals surface area contributed by atoms with Crippen LogP contribution in [0.4, 0.5) is 0 Å². The first-order valence-corrected chi connectivity index (χ1v) is 13.3. The van der Waals surface area contributed by atoms with Crippen molar-refractivity contribution < 1.29 is 28.3 Å². The molecule has 8 heteroatoms. The molecule has 0 N–H and O–H groups in total. The van der Waals surface area contributed by atoms with Crippen LogP contribution in [-0.4, -0.2) is 68.3 Å². The Morgan fingerprint density at radius 3 is 2.54 bits per heavy atom. The smallest absolute Gasteiger partial charge is 0.312 e. The van der Waals surface area contributed by atoms with E-state index in [9.17, 15) is 9.59 Å². The Labute approximate surface area is 228 Å². The third-order valence-corrected chi connectivity index (χ3v) is 7.34. The summed E-state index contributed by atoms with van der Waals surface area (Å²) >= 11 is 0. The first kappa shape index (κ1) is 26.7. The number of carbonyl (C=O) groups is 2. The summed E-state index contributed by atoms with van der Waals surface area (Å²) in [5, 5.41) is 4.31. The number of benzene rings is 3. The van der Waals surface area contributed by atoms with Crippen LogP contribution in [0.5, 0.6) is 5.75 Å².